The molecule has 0 aliphatic carbocycles. The zero-order valence-electron chi connectivity index (χ0n) is 15.6. The lowest BCUT2D eigenvalue weighted by atomic mass is 10.1. The van der Waals surface area contributed by atoms with Crippen molar-refractivity contribution in [1.82, 2.24) is 4.31 Å². The summed E-state index contributed by atoms with van der Waals surface area (Å²) in [4.78, 5) is 22.6. The summed E-state index contributed by atoms with van der Waals surface area (Å²) >= 11 is 0. The van der Waals surface area contributed by atoms with Crippen molar-refractivity contribution in [3.05, 3.63) is 63.5 Å². The van der Waals surface area contributed by atoms with Crippen molar-refractivity contribution in [2.24, 2.45) is 0 Å². The molecule has 0 fully saturated rings. The average molecular weight is 409 g/mol. The molecule has 0 aliphatic heterocycles. The molecule has 10 heteroatoms. The van der Waals surface area contributed by atoms with E-state index in [9.17, 15) is 27.7 Å². The van der Waals surface area contributed by atoms with E-state index in [1.54, 1.807) is 20.8 Å². The summed E-state index contributed by atoms with van der Waals surface area (Å²) < 4.78 is 40.6. The van der Waals surface area contributed by atoms with Crippen LogP contribution >= 0.6 is 0 Å². The molecule has 0 unspecified atom stereocenters. The van der Waals surface area contributed by atoms with Gasteiger partial charge >= 0.3 is 0 Å². The summed E-state index contributed by atoms with van der Waals surface area (Å²) in [5, 5.41) is 13.3. The van der Waals surface area contributed by atoms with Gasteiger partial charge in [-0.25, -0.2) is 12.8 Å². The summed E-state index contributed by atoms with van der Waals surface area (Å²) in [5.74, 6) is -1.81. The lowest BCUT2D eigenvalue weighted by Crippen LogP contribution is -2.31. The maximum absolute atomic E-state index is 14.2. The van der Waals surface area contributed by atoms with Crippen molar-refractivity contribution in [2.75, 3.05) is 18.4 Å². The molecular formula is C18H20FN3O5S. The van der Waals surface area contributed by atoms with Gasteiger partial charge in [0.15, 0.2) is 0 Å². The van der Waals surface area contributed by atoms with Gasteiger partial charge in [0.1, 0.15) is 5.82 Å². The minimum absolute atomic E-state index is 0.135. The summed E-state index contributed by atoms with van der Waals surface area (Å²) in [6.07, 6.45) is 0. The Labute approximate surface area is 162 Å². The predicted molar refractivity (Wildman–Crippen MR) is 102 cm³/mol. The van der Waals surface area contributed by atoms with Gasteiger partial charge in [0.05, 0.1) is 21.1 Å². The number of halogens is 1. The zero-order chi connectivity index (χ0) is 21.1. The van der Waals surface area contributed by atoms with Crippen molar-refractivity contribution in [1.29, 1.82) is 0 Å². The highest BCUT2D eigenvalue weighted by Gasteiger charge is 2.24. The van der Waals surface area contributed by atoms with E-state index in [4.69, 9.17) is 0 Å². The number of anilines is 1. The summed E-state index contributed by atoms with van der Waals surface area (Å²) in [6, 6.07) is 6.85. The minimum Gasteiger partial charge on any atom is -0.321 e. The van der Waals surface area contributed by atoms with E-state index < -0.39 is 32.2 Å². The van der Waals surface area contributed by atoms with Gasteiger partial charge in [-0.1, -0.05) is 19.9 Å². The monoisotopic (exact) mass is 409 g/mol. The molecule has 1 amide bonds. The molecule has 0 spiro atoms. The van der Waals surface area contributed by atoms with Crippen LogP contribution < -0.4 is 5.32 Å². The van der Waals surface area contributed by atoms with Gasteiger partial charge in [-0.3, -0.25) is 14.9 Å². The summed E-state index contributed by atoms with van der Waals surface area (Å²) in [5.41, 5.74) is -0.0414. The largest absolute Gasteiger partial charge is 0.321 e. The Morgan fingerprint density at radius 3 is 2.39 bits per heavy atom. The van der Waals surface area contributed by atoms with Crippen LogP contribution in [0.25, 0.3) is 0 Å². The SMILES string of the molecule is CCN(CC)S(=O)(=O)c1ccc(F)c(C(=O)Nc2cc([N+](=O)[O-])ccc2C)c1. The van der Waals surface area contributed by atoms with Crippen LogP contribution in [0.5, 0.6) is 0 Å². The van der Waals surface area contributed by atoms with Crippen molar-refractivity contribution in [2.45, 2.75) is 25.7 Å². The fourth-order valence-corrected chi connectivity index (χ4v) is 4.08. The van der Waals surface area contributed by atoms with E-state index in [-0.39, 0.29) is 29.4 Å². The van der Waals surface area contributed by atoms with Crippen molar-refractivity contribution in [3.63, 3.8) is 0 Å². The molecule has 2 aromatic carbocycles. The number of nitro benzene ring substituents is 1. The number of carbonyl (C=O) groups excluding carboxylic acids is 1. The molecule has 8 nitrogen and oxygen atoms in total. The second-order valence-electron chi connectivity index (χ2n) is 5.94. The molecule has 0 saturated carbocycles. The number of nitrogens with one attached hydrogen (secondary N) is 1. The predicted octanol–water partition coefficient (Wildman–Crippen LogP) is 3.33. The molecule has 0 heterocycles. The molecule has 0 bridgehead atoms. The normalized spacial score (nSPS) is 11.5. The number of hydrogen-bond donors (Lipinski definition) is 1. The summed E-state index contributed by atoms with van der Waals surface area (Å²) in [7, 11) is -3.88. The first-order valence-electron chi connectivity index (χ1n) is 8.47. The van der Waals surface area contributed by atoms with E-state index in [2.05, 4.69) is 5.32 Å². The van der Waals surface area contributed by atoms with E-state index >= 15 is 0 Å². The molecule has 0 aromatic heterocycles. The smallest absolute Gasteiger partial charge is 0.271 e. The van der Waals surface area contributed by atoms with Crippen molar-refractivity contribution in [3.8, 4) is 0 Å². The molecule has 1 N–H and O–H groups in total. The molecule has 150 valence electrons. The Kier molecular flexibility index (Phi) is 6.47. The number of rotatable bonds is 7. The van der Waals surface area contributed by atoms with E-state index in [1.165, 1.54) is 16.4 Å². The van der Waals surface area contributed by atoms with Crippen molar-refractivity contribution >= 4 is 27.3 Å². The van der Waals surface area contributed by atoms with E-state index in [0.29, 0.717) is 5.56 Å². The molecular weight excluding hydrogens is 389 g/mol. The number of aryl methyl sites for hydroxylation is 1. The molecule has 2 rings (SSSR count). The Morgan fingerprint density at radius 2 is 1.82 bits per heavy atom. The number of nitrogens with zero attached hydrogens (tertiary/aromatic N) is 2. The Morgan fingerprint density at radius 1 is 1.18 bits per heavy atom. The highest BCUT2D eigenvalue weighted by atomic mass is 32.2. The average Bonchev–Trinajstić information content (AvgIpc) is 2.64. The van der Waals surface area contributed by atoms with Crippen LogP contribution in [0, 0.1) is 22.9 Å². The Balaban J connectivity index is 2.42. The van der Waals surface area contributed by atoms with Crippen LogP contribution in [0.2, 0.25) is 0 Å². The number of hydrogen-bond acceptors (Lipinski definition) is 5. The Bertz CT molecular complexity index is 1020. The van der Waals surface area contributed by atoms with Gasteiger partial charge in [0.25, 0.3) is 11.6 Å². The van der Waals surface area contributed by atoms with Crippen LogP contribution in [0.4, 0.5) is 15.8 Å². The molecule has 0 radical (unpaired) electrons. The number of amides is 1. The van der Waals surface area contributed by atoms with Crippen LogP contribution in [-0.2, 0) is 10.0 Å². The zero-order valence-corrected chi connectivity index (χ0v) is 16.4. The molecule has 0 aliphatic rings. The number of nitro groups is 1. The molecule has 0 saturated heterocycles. The maximum atomic E-state index is 14.2. The van der Waals surface area contributed by atoms with E-state index in [1.807, 2.05) is 0 Å². The van der Waals surface area contributed by atoms with Crippen molar-refractivity contribution < 1.29 is 22.5 Å². The van der Waals surface area contributed by atoms with Gasteiger partial charge < -0.3 is 5.32 Å². The summed E-state index contributed by atoms with van der Waals surface area (Å²) in [6.45, 7) is 5.42. The quantitative estimate of drug-likeness (QED) is 0.557. The first-order valence-corrected chi connectivity index (χ1v) is 9.91. The topological polar surface area (TPSA) is 110 Å². The second-order valence-corrected chi connectivity index (χ2v) is 7.88. The van der Waals surface area contributed by atoms with E-state index in [0.717, 1.165) is 24.3 Å². The fraction of sp³-hybridized carbons (Fsp3) is 0.278. The lowest BCUT2D eigenvalue weighted by Gasteiger charge is -2.19. The molecule has 0 atom stereocenters. The number of benzene rings is 2. The van der Waals surface area contributed by atoms with Crippen LogP contribution in [-0.4, -0.2) is 36.6 Å². The fourth-order valence-electron chi connectivity index (χ4n) is 2.60. The molecule has 28 heavy (non-hydrogen) atoms. The van der Waals surface area contributed by atoms with Gasteiger partial charge in [-0.2, -0.15) is 4.31 Å². The molecule has 2 aromatic rings. The van der Waals surface area contributed by atoms with Crippen LogP contribution in [0.15, 0.2) is 41.3 Å². The van der Waals surface area contributed by atoms with Gasteiger partial charge in [0.2, 0.25) is 10.0 Å². The first kappa shape index (κ1) is 21.5. The number of sulfonamides is 1. The standard InChI is InChI=1S/C18H20FN3O5S/c1-4-21(5-2)28(26,27)14-8-9-16(19)15(11-14)18(23)20-17-10-13(22(24)25)7-6-12(17)3/h6-11H,4-5H2,1-3H3,(H,20,23). The van der Waals surface area contributed by atoms with Crippen LogP contribution in [0.1, 0.15) is 29.8 Å². The van der Waals surface area contributed by atoms with Gasteiger partial charge in [-0.05, 0) is 30.7 Å². The number of carbonyl (C=O) groups is 1. The van der Waals surface area contributed by atoms with Gasteiger partial charge in [0, 0.05) is 25.2 Å². The third-order valence-corrected chi connectivity index (χ3v) is 6.25. The third kappa shape index (κ3) is 4.34. The first-order chi connectivity index (χ1) is 13.1. The number of non-ortho nitro benzene ring substituents is 1. The lowest BCUT2D eigenvalue weighted by molar-refractivity contribution is -0.384. The van der Waals surface area contributed by atoms with Crippen LogP contribution in [0.3, 0.4) is 0 Å². The highest BCUT2D eigenvalue weighted by molar-refractivity contribution is 7.89. The Hall–Kier alpha value is -2.85. The highest BCUT2D eigenvalue weighted by Crippen LogP contribution is 2.24. The van der Waals surface area contributed by atoms with Gasteiger partial charge in [-0.15, -0.1) is 0 Å². The maximum Gasteiger partial charge on any atom is 0.271 e. The second kappa shape index (κ2) is 8.44. The minimum atomic E-state index is -3.88. The third-order valence-electron chi connectivity index (χ3n) is 4.21.